The van der Waals surface area contributed by atoms with Gasteiger partial charge in [-0.25, -0.2) is 0 Å². The standard InChI is InChI=1S/C24H25NO3S/c1-16-7-9-17(10-8-16)15-20-19-5-3-4-6-21(19)29-22(20)23(26)25-13-11-18(12-14-25)24(27)28-2/h3-10,18H,11-15H2,1-2H3. The van der Waals surface area contributed by atoms with Crippen LogP contribution in [0.2, 0.25) is 0 Å². The summed E-state index contributed by atoms with van der Waals surface area (Å²) in [5, 5.41) is 1.16. The van der Waals surface area contributed by atoms with Crippen molar-refractivity contribution in [2.75, 3.05) is 20.2 Å². The van der Waals surface area contributed by atoms with Gasteiger partial charge in [0, 0.05) is 17.8 Å². The Morgan fingerprint density at radius 3 is 2.45 bits per heavy atom. The molecule has 0 bridgehead atoms. The van der Waals surface area contributed by atoms with E-state index in [1.807, 2.05) is 17.0 Å². The van der Waals surface area contributed by atoms with E-state index in [0.717, 1.165) is 26.9 Å². The number of ether oxygens (including phenoxy) is 1. The second kappa shape index (κ2) is 8.37. The number of hydrogen-bond donors (Lipinski definition) is 0. The molecule has 1 aromatic heterocycles. The first-order valence-corrected chi connectivity index (χ1v) is 10.8. The van der Waals surface area contributed by atoms with Crippen LogP contribution < -0.4 is 0 Å². The van der Waals surface area contributed by atoms with E-state index in [1.54, 1.807) is 11.3 Å². The zero-order chi connectivity index (χ0) is 20.4. The monoisotopic (exact) mass is 407 g/mol. The molecule has 0 atom stereocenters. The molecule has 1 saturated heterocycles. The van der Waals surface area contributed by atoms with Crippen molar-refractivity contribution in [3.05, 3.63) is 70.1 Å². The molecule has 1 amide bonds. The van der Waals surface area contributed by atoms with Crippen LogP contribution in [0.1, 0.15) is 39.2 Å². The number of fused-ring (bicyclic) bond motifs is 1. The lowest BCUT2D eigenvalue weighted by Gasteiger charge is -2.30. The molecule has 0 unspecified atom stereocenters. The molecule has 2 heterocycles. The van der Waals surface area contributed by atoms with Gasteiger partial charge in [0.05, 0.1) is 17.9 Å². The first kappa shape index (κ1) is 19.6. The maximum Gasteiger partial charge on any atom is 0.308 e. The van der Waals surface area contributed by atoms with E-state index in [4.69, 9.17) is 4.74 Å². The Kier molecular flexibility index (Phi) is 5.67. The minimum absolute atomic E-state index is 0.0802. The van der Waals surface area contributed by atoms with Crippen molar-refractivity contribution in [3.63, 3.8) is 0 Å². The number of carbonyl (C=O) groups excluding carboxylic acids is 2. The van der Waals surface area contributed by atoms with Crippen LogP contribution in [0, 0.1) is 12.8 Å². The van der Waals surface area contributed by atoms with Crippen LogP contribution in [-0.4, -0.2) is 37.0 Å². The predicted octanol–water partition coefficient (Wildman–Crippen LogP) is 4.83. The van der Waals surface area contributed by atoms with Crippen LogP contribution in [0.4, 0.5) is 0 Å². The van der Waals surface area contributed by atoms with Crippen LogP contribution in [0.3, 0.4) is 0 Å². The molecule has 3 aromatic rings. The molecule has 4 nitrogen and oxygen atoms in total. The summed E-state index contributed by atoms with van der Waals surface area (Å²) in [6, 6.07) is 16.7. The summed E-state index contributed by atoms with van der Waals surface area (Å²) in [6.45, 7) is 3.27. The molecular weight excluding hydrogens is 382 g/mol. The van der Waals surface area contributed by atoms with E-state index in [0.29, 0.717) is 25.9 Å². The quantitative estimate of drug-likeness (QED) is 0.582. The van der Waals surface area contributed by atoms with E-state index in [9.17, 15) is 9.59 Å². The van der Waals surface area contributed by atoms with E-state index in [-0.39, 0.29) is 17.8 Å². The summed E-state index contributed by atoms with van der Waals surface area (Å²) in [4.78, 5) is 27.9. The fraction of sp³-hybridized carbons (Fsp3) is 0.333. The third-order valence-corrected chi connectivity index (χ3v) is 6.91. The van der Waals surface area contributed by atoms with Crippen molar-refractivity contribution in [1.29, 1.82) is 0 Å². The lowest BCUT2D eigenvalue weighted by atomic mass is 9.96. The number of piperidine rings is 1. The smallest absolute Gasteiger partial charge is 0.308 e. The number of aryl methyl sites for hydroxylation is 1. The number of nitrogens with zero attached hydrogens (tertiary/aromatic N) is 1. The number of esters is 1. The Labute approximate surface area is 175 Å². The maximum atomic E-state index is 13.4. The Morgan fingerprint density at radius 1 is 1.07 bits per heavy atom. The summed E-state index contributed by atoms with van der Waals surface area (Å²) in [6.07, 6.45) is 2.07. The molecule has 150 valence electrons. The summed E-state index contributed by atoms with van der Waals surface area (Å²) in [7, 11) is 1.43. The average Bonchev–Trinajstić information content (AvgIpc) is 3.13. The molecular formula is C24H25NO3S. The van der Waals surface area contributed by atoms with Crippen molar-refractivity contribution in [2.45, 2.75) is 26.2 Å². The van der Waals surface area contributed by atoms with Crippen LogP contribution in [0.15, 0.2) is 48.5 Å². The molecule has 1 fully saturated rings. The third kappa shape index (κ3) is 4.06. The fourth-order valence-electron chi connectivity index (χ4n) is 3.99. The highest BCUT2D eigenvalue weighted by atomic mass is 32.1. The molecule has 1 aliphatic rings. The van der Waals surface area contributed by atoms with Gasteiger partial charge in [0.2, 0.25) is 0 Å². The van der Waals surface area contributed by atoms with Gasteiger partial charge in [-0.3, -0.25) is 9.59 Å². The second-order valence-electron chi connectivity index (χ2n) is 7.66. The Hall–Kier alpha value is -2.66. The van der Waals surface area contributed by atoms with Crippen LogP contribution >= 0.6 is 11.3 Å². The average molecular weight is 408 g/mol. The predicted molar refractivity (Wildman–Crippen MR) is 116 cm³/mol. The van der Waals surface area contributed by atoms with Crippen molar-refractivity contribution in [1.82, 2.24) is 4.90 Å². The second-order valence-corrected chi connectivity index (χ2v) is 8.71. The molecule has 29 heavy (non-hydrogen) atoms. The van der Waals surface area contributed by atoms with Gasteiger partial charge in [0.1, 0.15) is 0 Å². The number of hydrogen-bond acceptors (Lipinski definition) is 4. The summed E-state index contributed by atoms with van der Waals surface area (Å²) in [5.74, 6) is -0.186. The largest absolute Gasteiger partial charge is 0.469 e. The summed E-state index contributed by atoms with van der Waals surface area (Å²) in [5.41, 5.74) is 3.54. The number of benzene rings is 2. The molecule has 0 saturated carbocycles. The molecule has 5 heteroatoms. The van der Waals surface area contributed by atoms with E-state index in [2.05, 4.69) is 43.3 Å². The molecule has 4 rings (SSSR count). The van der Waals surface area contributed by atoms with Crippen LogP contribution in [0.25, 0.3) is 10.1 Å². The molecule has 0 spiro atoms. The Bertz CT molecular complexity index is 1030. The first-order valence-electron chi connectivity index (χ1n) is 10.00. The number of likely N-dealkylation sites (tertiary alicyclic amines) is 1. The van der Waals surface area contributed by atoms with Crippen LogP contribution in [0.5, 0.6) is 0 Å². The number of carbonyl (C=O) groups is 2. The highest BCUT2D eigenvalue weighted by Gasteiger charge is 2.30. The summed E-state index contributed by atoms with van der Waals surface area (Å²) < 4.78 is 6.00. The molecule has 0 radical (unpaired) electrons. The maximum absolute atomic E-state index is 13.4. The zero-order valence-electron chi connectivity index (χ0n) is 16.8. The van der Waals surface area contributed by atoms with E-state index in [1.165, 1.54) is 18.2 Å². The number of rotatable bonds is 4. The topological polar surface area (TPSA) is 46.6 Å². The van der Waals surface area contributed by atoms with Gasteiger partial charge in [0.15, 0.2) is 0 Å². The van der Waals surface area contributed by atoms with Gasteiger partial charge in [-0.2, -0.15) is 0 Å². The third-order valence-electron chi connectivity index (χ3n) is 5.71. The minimum Gasteiger partial charge on any atom is -0.469 e. The fourth-order valence-corrected chi connectivity index (χ4v) is 5.18. The van der Waals surface area contributed by atoms with Gasteiger partial charge in [-0.05, 0) is 48.8 Å². The SMILES string of the molecule is COC(=O)C1CCN(C(=O)c2sc3ccccc3c2Cc2ccc(C)cc2)CC1. The van der Waals surface area contributed by atoms with Gasteiger partial charge in [-0.15, -0.1) is 11.3 Å². The van der Waals surface area contributed by atoms with Gasteiger partial charge >= 0.3 is 5.97 Å². The molecule has 0 aliphatic carbocycles. The Balaban J connectivity index is 1.62. The number of thiophene rings is 1. The molecule has 1 aliphatic heterocycles. The van der Waals surface area contributed by atoms with E-state index < -0.39 is 0 Å². The number of methoxy groups -OCH3 is 1. The number of amides is 1. The highest BCUT2D eigenvalue weighted by molar-refractivity contribution is 7.21. The lowest BCUT2D eigenvalue weighted by molar-refractivity contribution is -0.146. The van der Waals surface area contributed by atoms with Crippen molar-refractivity contribution in [2.24, 2.45) is 5.92 Å². The minimum atomic E-state index is -0.168. The molecule has 0 N–H and O–H groups in total. The van der Waals surface area contributed by atoms with Crippen molar-refractivity contribution >= 4 is 33.3 Å². The van der Waals surface area contributed by atoms with Gasteiger partial charge in [0.25, 0.3) is 5.91 Å². The van der Waals surface area contributed by atoms with Crippen molar-refractivity contribution < 1.29 is 14.3 Å². The lowest BCUT2D eigenvalue weighted by Crippen LogP contribution is -2.40. The summed E-state index contributed by atoms with van der Waals surface area (Å²) >= 11 is 1.58. The Morgan fingerprint density at radius 2 is 1.76 bits per heavy atom. The van der Waals surface area contributed by atoms with Gasteiger partial charge < -0.3 is 9.64 Å². The normalized spacial score (nSPS) is 14.9. The van der Waals surface area contributed by atoms with Gasteiger partial charge in [-0.1, -0.05) is 48.0 Å². The van der Waals surface area contributed by atoms with Crippen LogP contribution in [-0.2, 0) is 16.0 Å². The first-order chi connectivity index (χ1) is 14.1. The van der Waals surface area contributed by atoms with E-state index >= 15 is 0 Å². The van der Waals surface area contributed by atoms with Crippen molar-refractivity contribution in [3.8, 4) is 0 Å². The zero-order valence-corrected chi connectivity index (χ0v) is 17.6. The highest BCUT2D eigenvalue weighted by Crippen LogP contribution is 2.34. The molecule has 2 aromatic carbocycles.